The van der Waals surface area contributed by atoms with Crippen LogP contribution in [0.3, 0.4) is 0 Å². The average Bonchev–Trinajstić information content (AvgIpc) is 2.55. The molecule has 0 aliphatic heterocycles. The van der Waals surface area contributed by atoms with E-state index in [0.717, 1.165) is 5.56 Å². The molecule has 0 saturated carbocycles. The molecule has 21 heavy (non-hydrogen) atoms. The Balaban J connectivity index is 2.17. The molecule has 3 N–H and O–H groups in total. The van der Waals surface area contributed by atoms with E-state index >= 15 is 0 Å². The number of aliphatic hydroxyl groups excluding tert-OH is 1. The van der Waals surface area contributed by atoms with Crippen LogP contribution in [0.2, 0.25) is 0 Å². The molecule has 2 rings (SSSR count). The lowest BCUT2D eigenvalue weighted by Crippen LogP contribution is -2.42. The second kappa shape index (κ2) is 7.57. The van der Waals surface area contributed by atoms with Crippen molar-refractivity contribution in [1.29, 1.82) is 0 Å². The van der Waals surface area contributed by atoms with Crippen molar-refractivity contribution in [1.82, 2.24) is 4.90 Å². The van der Waals surface area contributed by atoms with Crippen molar-refractivity contribution in [2.75, 3.05) is 13.2 Å². The van der Waals surface area contributed by atoms with E-state index in [4.69, 9.17) is 10.8 Å². The Kier molecular flexibility index (Phi) is 5.49. The Morgan fingerprint density at radius 2 is 1.62 bits per heavy atom. The molecular weight excluding hydrogens is 264 g/mol. The molecule has 0 aliphatic carbocycles. The Morgan fingerprint density at radius 3 is 2.19 bits per heavy atom. The highest BCUT2D eigenvalue weighted by Crippen LogP contribution is 2.10. The van der Waals surface area contributed by atoms with E-state index in [1.807, 2.05) is 48.5 Å². The van der Waals surface area contributed by atoms with Gasteiger partial charge in [-0.1, -0.05) is 48.5 Å². The van der Waals surface area contributed by atoms with Crippen molar-refractivity contribution in [2.24, 2.45) is 5.73 Å². The first kappa shape index (κ1) is 15.2. The zero-order valence-electron chi connectivity index (χ0n) is 11.9. The minimum absolute atomic E-state index is 0.0802. The summed E-state index contributed by atoms with van der Waals surface area (Å²) in [6.07, 6.45) is 0. The summed E-state index contributed by atoms with van der Waals surface area (Å²) in [5.74, 6) is -0.0802. The number of nitrogens with two attached hydrogens (primary N) is 1. The van der Waals surface area contributed by atoms with Crippen LogP contribution < -0.4 is 5.73 Å². The molecule has 2 aromatic rings. The molecule has 0 saturated heterocycles. The van der Waals surface area contributed by atoms with Crippen LogP contribution in [0.25, 0.3) is 0 Å². The van der Waals surface area contributed by atoms with Gasteiger partial charge in [-0.3, -0.25) is 4.79 Å². The van der Waals surface area contributed by atoms with Gasteiger partial charge >= 0.3 is 0 Å². The van der Waals surface area contributed by atoms with Crippen molar-refractivity contribution >= 4 is 5.91 Å². The summed E-state index contributed by atoms with van der Waals surface area (Å²) in [4.78, 5) is 14.3. The fourth-order valence-corrected chi connectivity index (χ4v) is 2.13. The predicted molar refractivity (Wildman–Crippen MR) is 82.7 cm³/mol. The summed E-state index contributed by atoms with van der Waals surface area (Å²) >= 11 is 0. The molecule has 0 radical (unpaired) electrons. The number of benzene rings is 2. The zero-order chi connectivity index (χ0) is 15.1. The van der Waals surface area contributed by atoms with Gasteiger partial charge in [0.25, 0.3) is 5.91 Å². The summed E-state index contributed by atoms with van der Waals surface area (Å²) in [5.41, 5.74) is 7.46. The molecule has 0 bridgehead atoms. The monoisotopic (exact) mass is 284 g/mol. The number of hydrogen-bond donors (Lipinski definition) is 2. The van der Waals surface area contributed by atoms with E-state index in [1.54, 1.807) is 17.0 Å². The Bertz CT molecular complexity index is 558. The fraction of sp³-hybridized carbons (Fsp3) is 0.235. The summed E-state index contributed by atoms with van der Waals surface area (Å²) < 4.78 is 0. The molecule has 1 atom stereocenters. The van der Waals surface area contributed by atoms with Gasteiger partial charge in [-0.2, -0.15) is 0 Å². The molecule has 4 heteroatoms. The van der Waals surface area contributed by atoms with Crippen molar-refractivity contribution in [2.45, 2.75) is 12.6 Å². The summed E-state index contributed by atoms with van der Waals surface area (Å²) in [7, 11) is 0. The topological polar surface area (TPSA) is 66.6 Å². The van der Waals surface area contributed by atoms with Crippen LogP contribution in [0.15, 0.2) is 60.7 Å². The molecule has 0 aromatic heterocycles. The molecule has 0 fully saturated rings. The molecule has 110 valence electrons. The maximum Gasteiger partial charge on any atom is 0.254 e. The van der Waals surface area contributed by atoms with Gasteiger partial charge in [-0.15, -0.1) is 0 Å². The van der Waals surface area contributed by atoms with E-state index in [9.17, 15) is 4.79 Å². The standard InChI is InChI=1S/C17H20N2O2/c18-16(13-20)12-19(11-14-7-3-1-4-8-14)17(21)15-9-5-2-6-10-15/h1-10,16,20H,11-13,18H2/t16-/m1/s1. The predicted octanol–water partition coefficient (Wildman–Crippen LogP) is 1.65. The highest BCUT2D eigenvalue weighted by Gasteiger charge is 2.18. The van der Waals surface area contributed by atoms with E-state index in [-0.39, 0.29) is 12.5 Å². The highest BCUT2D eigenvalue weighted by molar-refractivity contribution is 5.94. The SMILES string of the molecule is N[C@@H](CO)CN(Cc1ccccc1)C(=O)c1ccccc1. The Morgan fingerprint density at radius 1 is 1.05 bits per heavy atom. The van der Waals surface area contributed by atoms with Gasteiger partial charge in [0.15, 0.2) is 0 Å². The van der Waals surface area contributed by atoms with Crippen molar-refractivity contribution in [3.05, 3.63) is 71.8 Å². The van der Waals surface area contributed by atoms with Crippen molar-refractivity contribution in [3.63, 3.8) is 0 Å². The normalized spacial score (nSPS) is 11.9. The van der Waals surface area contributed by atoms with Crippen LogP contribution in [0.4, 0.5) is 0 Å². The zero-order valence-corrected chi connectivity index (χ0v) is 11.9. The van der Waals surface area contributed by atoms with Gasteiger partial charge in [0.05, 0.1) is 6.61 Å². The summed E-state index contributed by atoms with van der Waals surface area (Å²) in [6.45, 7) is 0.648. The number of carbonyl (C=O) groups excluding carboxylic acids is 1. The molecule has 0 heterocycles. The van der Waals surface area contributed by atoms with E-state index in [2.05, 4.69) is 0 Å². The number of nitrogens with zero attached hydrogens (tertiary/aromatic N) is 1. The van der Waals surface area contributed by atoms with Gasteiger partial charge < -0.3 is 15.7 Å². The molecule has 1 amide bonds. The van der Waals surface area contributed by atoms with Gasteiger partial charge in [-0.05, 0) is 17.7 Å². The third-order valence-corrected chi connectivity index (χ3v) is 3.21. The van der Waals surface area contributed by atoms with Crippen molar-refractivity contribution < 1.29 is 9.90 Å². The number of amides is 1. The van der Waals surface area contributed by atoms with Crippen LogP contribution in [-0.2, 0) is 6.54 Å². The quantitative estimate of drug-likeness (QED) is 0.847. The second-order valence-corrected chi connectivity index (χ2v) is 4.98. The van der Waals surface area contributed by atoms with Crippen LogP contribution in [0, 0.1) is 0 Å². The Labute approximate surface area is 124 Å². The lowest BCUT2D eigenvalue weighted by Gasteiger charge is -2.25. The van der Waals surface area contributed by atoms with Crippen molar-refractivity contribution in [3.8, 4) is 0 Å². The van der Waals surface area contributed by atoms with E-state index in [1.165, 1.54) is 0 Å². The molecular formula is C17H20N2O2. The van der Waals surface area contributed by atoms with Crippen LogP contribution in [0.5, 0.6) is 0 Å². The number of carbonyl (C=O) groups is 1. The average molecular weight is 284 g/mol. The molecule has 0 unspecified atom stereocenters. The molecule has 0 aliphatic rings. The lowest BCUT2D eigenvalue weighted by molar-refractivity contribution is 0.0718. The van der Waals surface area contributed by atoms with Gasteiger partial charge in [-0.25, -0.2) is 0 Å². The highest BCUT2D eigenvalue weighted by atomic mass is 16.3. The number of aliphatic hydroxyl groups is 1. The second-order valence-electron chi connectivity index (χ2n) is 4.98. The van der Waals surface area contributed by atoms with Gasteiger partial charge in [0, 0.05) is 24.7 Å². The number of hydrogen-bond acceptors (Lipinski definition) is 3. The smallest absolute Gasteiger partial charge is 0.254 e. The third kappa shape index (κ3) is 4.41. The third-order valence-electron chi connectivity index (χ3n) is 3.21. The minimum Gasteiger partial charge on any atom is -0.395 e. The van der Waals surface area contributed by atoms with Crippen LogP contribution in [-0.4, -0.2) is 35.1 Å². The minimum atomic E-state index is -0.443. The lowest BCUT2D eigenvalue weighted by atomic mass is 10.1. The largest absolute Gasteiger partial charge is 0.395 e. The first-order valence-corrected chi connectivity index (χ1v) is 6.95. The van der Waals surface area contributed by atoms with Gasteiger partial charge in [0.2, 0.25) is 0 Å². The molecule has 2 aromatic carbocycles. The first-order chi connectivity index (χ1) is 10.2. The first-order valence-electron chi connectivity index (χ1n) is 6.95. The maximum atomic E-state index is 12.6. The van der Waals surface area contributed by atoms with Crippen LogP contribution in [0.1, 0.15) is 15.9 Å². The van der Waals surface area contributed by atoms with E-state index < -0.39 is 6.04 Å². The summed E-state index contributed by atoms with van der Waals surface area (Å²) in [6, 6.07) is 18.4. The fourth-order valence-electron chi connectivity index (χ4n) is 2.13. The Hall–Kier alpha value is -2.17. The maximum absolute atomic E-state index is 12.6. The summed E-state index contributed by atoms with van der Waals surface area (Å²) in [5, 5.41) is 9.14. The van der Waals surface area contributed by atoms with E-state index in [0.29, 0.717) is 18.7 Å². The van der Waals surface area contributed by atoms with Crippen LogP contribution >= 0.6 is 0 Å². The van der Waals surface area contributed by atoms with Gasteiger partial charge in [0.1, 0.15) is 0 Å². The number of rotatable bonds is 6. The molecule has 0 spiro atoms. The molecule has 4 nitrogen and oxygen atoms in total.